The van der Waals surface area contributed by atoms with E-state index in [-0.39, 0.29) is 0 Å². The van der Waals surface area contributed by atoms with Crippen LogP contribution >= 0.6 is 0 Å². The molecule has 1 saturated heterocycles. The molecule has 0 radical (unpaired) electrons. The Morgan fingerprint density at radius 3 is 3.19 bits per heavy atom. The molecule has 16 heavy (non-hydrogen) atoms. The van der Waals surface area contributed by atoms with Gasteiger partial charge in [-0.3, -0.25) is 9.88 Å². The number of fused-ring (bicyclic) bond motifs is 1. The second-order valence-corrected chi connectivity index (χ2v) is 4.36. The van der Waals surface area contributed by atoms with Gasteiger partial charge >= 0.3 is 0 Å². The van der Waals surface area contributed by atoms with Crippen LogP contribution in [0.4, 0.5) is 0 Å². The van der Waals surface area contributed by atoms with Crippen molar-refractivity contribution in [1.82, 2.24) is 24.9 Å². The molecule has 2 aromatic rings. The zero-order chi connectivity index (χ0) is 11.0. The first-order valence-corrected chi connectivity index (χ1v) is 5.71. The molecular weight excluding hydrogens is 202 g/mol. The monoisotopic (exact) mass is 217 g/mol. The van der Waals surface area contributed by atoms with E-state index in [1.807, 2.05) is 10.7 Å². The first-order valence-electron chi connectivity index (χ1n) is 5.71. The maximum absolute atomic E-state index is 4.25. The lowest BCUT2D eigenvalue weighted by Crippen LogP contribution is -2.34. The third-order valence-corrected chi connectivity index (χ3v) is 3.29. The van der Waals surface area contributed by atoms with Crippen LogP contribution in [0.15, 0.2) is 18.5 Å². The summed E-state index contributed by atoms with van der Waals surface area (Å²) in [5.41, 5.74) is 1.95. The Morgan fingerprint density at radius 1 is 1.38 bits per heavy atom. The minimum absolute atomic E-state index is 0.348. The summed E-state index contributed by atoms with van der Waals surface area (Å²) in [6, 6.07) is 1.98. The molecule has 84 valence electrons. The number of piperidine rings is 1. The van der Waals surface area contributed by atoms with Gasteiger partial charge in [0.1, 0.15) is 11.7 Å². The minimum Gasteiger partial charge on any atom is -0.285 e. The van der Waals surface area contributed by atoms with Crippen molar-refractivity contribution < 1.29 is 0 Å². The number of aromatic nitrogens is 4. The van der Waals surface area contributed by atoms with Crippen LogP contribution in [0.3, 0.4) is 0 Å². The predicted molar refractivity (Wildman–Crippen MR) is 60.8 cm³/mol. The van der Waals surface area contributed by atoms with E-state index in [1.165, 1.54) is 12.8 Å². The summed E-state index contributed by atoms with van der Waals surface area (Å²) in [5, 5.41) is 8.41. The summed E-state index contributed by atoms with van der Waals surface area (Å²) in [4.78, 5) is 6.41. The number of pyridine rings is 1. The number of rotatable bonds is 1. The van der Waals surface area contributed by atoms with E-state index in [9.17, 15) is 0 Å². The average molecular weight is 217 g/mol. The number of hydrogen-bond donors (Lipinski definition) is 0. The Labute approximate surface area is 94.1 Å². The van der Waals surface area contributed by atoms with E-state index < -0.39 is 0 Å². The molecule has 1 aliphatic heterocycles. The molecule has 1 aliphatic rings. The molecule has 2 aromatic heterocycles. The van der Waals surface area contributed by atoms with Gasteiger partial charge in [-0.05, 0) is 38.9 Å². The molecule has 0 spiro atoms. The van der Waals surface area contributed by atoms with Gasteiger partial charge in [-0.2, -0.15) is 0 Å². The fourth-order valence-corrected chi connectivity index (χ4v) is 2.38. The maximum atomic E-state index is 4.25. The highest BCUT2D eigenvalue weighted by molar-refractivity contribution is 5.72. The Morgan fingerprint density at radius 2 is 2.31 bits per heavy atom. The van der Waals surface area contributed by atoms with Crippen molar-refractivity contribution in [2.24, 2.45) is 0 Å². The van der Waals surface area contributed by atoms with Crippen LogP contribution in [0.2, 0.25) is 0 Å². The Bertz CT molecular complexity index is 492. The quantitative estimate of drug-likeness (QED) is 0.725. The lowest BCUT2D eigenvalue weighted by Gasteiger charge is -2.32. The number of hydrogen-bond acceptors (Lipinski definition) is 4. The van der Waals surface area contributed by atoms with E-state index in [0.717, 1.165) is 24.0 Å². The summed E-state index contributed by atoms with van der Waals surface area (Å²) < 4.78 is 2.02. The molecule has 0 saturated carbocycles. The van der Waals surface area contributed by atoms with Crippen molar-refractivity contribution in [3.8, 4) is 0 Å². The lowest BCUT2D eigenvalue weighted by atomic mass is 10.1. The Hall–Kier alpha value is -1.49. The van der Waals surface area contributed by atoms with E-state index in [0.29, 0.717) is 6.17 Å². The molecule has 0 amide bonds. The first-order chi connectivity index (χ1) is 7.86. The van der Waals surface area contributed by atoms with E-state index in [1.54, 1.807) is 12.4 Å². The standard InChI is InChI=1S/C11H15N5/c1-15-7-3-2-4-11(15)16-10-5-6-12-8-9(10)13-14-16/h5-6,8,11H,2-4,7H2,1H3. The van der Waals surface area contributed by atoms with Crippen molar-refractivity contribution in [3.63, 3.8) is 0 Å². The average Bonchev–Trinajstić information content (AvgIpc) is 2.74. The highest BCUT2D eigenvalue weighted by Crippen LogP contribution is 2.26. The molecule has 0 aromatic carbocycles. The molecule has 0 aliphatic carbocycles. The minimum atomic E-state index is 0.348. The molecule has 5 heteroatoms. The normalized spacial score (nSPS) is 22.7. The SMILES string of the molecule is CN1CCCCC1n1nnc2cnccc21. The molecule has 1 fully saturated rings. The van der Waals surface area contributed by atoms with Crippen molar-refractivity contribution in [1.29, 1.82) is 0 Å². The van der Waals surface area contributed by atoms with Gasteiger partial charge in [0.25, 0.3) is 0 Å². The zero-order valence-electron chi connectivity index (χ0n) is 9.37. The molecule has 3 heterocycles. The van der Waals surface area contributed by atoms with Crippen LogP contribution in [0.25, 0.3) is 11.0 Å². The van der Waals surface area contributed by atoms with Crippen LogP contribution in [-0.4, -0.2) is 38.5 Å². The van der Waals surface area contributed by atoms with E-state index >= 15 is 0 Å². The van der Waals surface area contributed by atoms with Gasteiger partial charge in [0.2, 0.25) is 0 Å². The summed E-state index contributed by atoms with van der Waals surface area (Å²) in [6.07, 6.45) is 7.60. The van der Waals surface area contributed by atoms with E-state index in [2.05, 4.69) is 27.2 Å². The predicted octanol–water partition coefficient (Wildman–Crippen LogP) is 1.44. The summed E-state index contributed by atoms with van der Waals surface area (Å²) in [6.45, 7) is 1.14. The molecule has 1 unspecified atom stereocenters. The number of likely N-dealkylation sites (tertiary alicyclic amines) is 1. The topological polar surface area (TPSA) is 46.8 Å². The van der Waals surface area contributed by atoms with E-state index in [4.69, 9.17) is 0 Å². The van der Waals surface area contributed by atoms with Crippen molar-refractivity contribution in [2.45, 2.75) is 25.4 Å². The van der Waals surface area contributed by atoms with Gasteiger partial charge in [0.15, 0.2) is 0 Å². The fourth-order valence-electron chi connectivity index (χ4n) is 2.38. The zero-order valence-corrected chi connectivity index (χ0v) is 9.37. The van der Waals surface area contributed by atoms with Gasteiger partial charge in [0.05, 0.1) is 11.7 Å². The van der Waals surface area contributed by atoms with Gasteiger partial charge in [-0.25, -0.2) is 4.68 Å². The Kier molecular flexibility index (Phi) is 2.32. The fraction of sp³-hybridized carbons (Fsp3) is 0.545. The Balaban J connectivity index is 2.04. The van der Waals surface area contributed by atoms with Gasteiger partial charge in [-0.1, -0.05) is 5.21 Å². The molecule has 0 N–H and O–H groups in total. The molecule has 5 nitrogen and oxygen atoms in total. The van der Waals surface area contributed by atoms with Gasteiger partial charge < -0.3 is 0 Å². The highest BCUT2D eigenvalue weighted by Gasteiger charge is 2.22. The summed E-state index contributed by atoms with van der Waals surface area (Å²) >= 11 is 0. The molecule has 3 rings (SSSR count). The van der Waals surface area contributed by atoms with Crippen molar-refractivity contribution in [2.75, 3.05) is 13.6 Å². The largest absolute Gasteiger partial charge is 0.285 e. The molecule has 1 atom stereocenters. The molecular formula is C11H15N5. The van der Waals surface area contributed by atoms with Crippen LogP contribution in [0, 0.1) is 0 Å². The van der Waals surface area contributed by atoms with Crippen LogP contribution in [-0.2, 0) is 0 Å². The van der Waals surface area contributed by atoms with Crippen LogP contribution in [0.5, 0.6) is 0 Å². The lowest BCUT2D eigenvalue weighted by molar-refractivity contribution is 0.117. The highest BCUT2D eigenvalue weighted by atomic mass is 15.5. The third-order valence-electron chi connectivity index (χ3n) is 3.29. The summed E-state index contributed by atoms with van der Waals surface area (Å²) in [7, 11) is 2.15. The number of nitrogens with zero attached hydrogens (tertiary/aromatic N) is 5. The smallest absolute Gasteiger partial charge is 0.131 e. The van der Waals surface area contributed by atoms with Crippen molar-refractivity contribution >= 4 is 11.0 Å². The van der Waals surface area contributed by atoms with Crippen LogP contribution in [0.1, 0.15) is 25.4 Å². The maximum Gasteiger partial charge on any atom is 0.131 e. The summed E-state index contributed by atoms with van der Waals surface area (Å²) in [5.74, 6) is 0. The van der Waals surface area contributed by atoms with Gasteiger partial charge in [0, 0.05) is 6.20 Å². The second kappa shape index (κ2) is 3.83. The first kappa shape index (κ1) is 9.72. The third kappa shape index (κ3) is 1.48. The molecule has 0 bridgehead atoms. The second-order valence-electron chi connectivity index (χ2n) is 4.36. The van der Waals surface area contributed by atoms with Crippen molar-refractivity contribution in [3.05, 3.63) is 18.5 Å². The van der Waals surface area contributed by atoms with Crippen LogP contribution < -0.4 is 0 Å². The van der Waals surface area contributed by atoms with Gasteiger partial charge in [-0.15, -0.1) is 5.10 Å².